The van der Waals surface area contributed by atoms with E-state index in [4.69, 9.17) is 11.6 Å². The van der Waals surface area contributed by atoms with Crippen LogP contribution in [0.4, 0.5) is 8.78 Å². The molecule has 0 saturated carbocycles. The van der Waals surface area contributed by atoms with Crippen LogP contribution in [0.25, 0.3) is 0 Å². The largest absolute Gasteiger partial charge is 0.434 e. The van der Waals surface area contributed by atoms with Gasteiger partial charge in [-0.1, -0.05) is 11.6 Å². The number of benzene rings is 1. The topological polar surface area (TPSA) is 63.5 Å². The molecule has 2 aromatic rings. The van der Waals surface area contributed by atoms with E-state index in [2.05, 4.69) is 25.5 Å². The van der Waals surface area contributed by atoms with Gasteiger partial charge in [0.15, 0.2) is 5.96 Å². The van der Waals surface area contributed by atoms with Crippen LogP contribution in [0, 0.1) is 13.8 Å². The fourth-order valence-electron chi connectivity index (χ4n) is 2.73. The summed E-state index contributed by atoms with van der Waals surface area (Å²) < 4.78 is 31.7. The molecule has 0 aliphatic rings. The second-order valence-electron chi connectivity index (χ2n) is 6.26. The summed E-state index contributed by atoms with van der Waals surface area (Å²) in [6.45, 7) is 5.40. The first kappa shape index (κ1) is 21.9. The number of ether oxygens (including phenoxy) is 1. The van der Waals surface area contributed by atoms with Gasteiger partial charge in [0.1, 0.15) is 5.75 Å². The summed E-state index contributed by atoms with van der Waals surface area (Å²) >= 11 is 5.97. The van der Waals surface area contributed by atoms with E-state index in [1.807, 2.05) is 31.5 Å². The van der Waals surface area contributed by atoms with Gasteiger partial charge in [0, 0.05) is 35.9 Å². The minimum absolute atomic E-state index is 0.0727. The Balaban J connectivity index is 1.94. The Morgan fingerprint density at radius 1 is 1.29 bits per heavy atom. The van der Waals surface area contributed by atoms with E-state index in [0.717, 1.165) is 24.4 Å². The molecule has 0 radical (unpaired) electrons. The molecule has 0 saturated heterocycles. The van der Waals surface area contributed by atoms with Gasteiger partial charge >= 0.3 is 6.61 Å². The number of hydrogen-bond acceptors (Lipinski definition) is 3. The van der Waals surface area contributed by atoms with Gasteiger partial charge < -0.3 is 15.4 Å². The maximum Gasteiger partial charge on any atom is 0.387 e. The third-order valence-electron chi connectivity index (χ3n) is 3.93. The van der Waals surface area contributed by atoms with Gasteiger partial charge in [0.25, 0.3) is 0 Å². The number of nitrogens with zero attached hydrogens (tertiary/aromatic N) is 3. The summed E-state index contributed by atoms with van der Waals surface area (Å²) in [4.78, 5) is 4.45. The molecule has 0 spiro atoms. The fourth-order valence-corrected chi connectivity index (χ4v) is 2.92. The molecule has 1 aromatic heterocycles. The summed E-state index contributed by atoms with van der Waals surface area (Å²) in [7, 11) is 0. The lowest BCUT2D eigenvalue weighted by molar-refractivity contribution is -0.0504. The van der Waals surface area contributed by atoms with Crippen molar-refractivity contribution in [2.75, 3.05) is 13.1 Å². The zero-order valence-corrected chi connectivity index (χ0v) is 17.1. The average molecular weight is 414 g/mol. The van der Waals surface area contributed by atoms with Crippen LogP contribution in [0.3, 0.4) is 0 Å². The van der Waals surface area contributed by atoms with E-state index in [1.54, 1.807) is 6.07 Å². The van der Waals surface area contributed by atoms with Crippen LogP contribution < -0.4 is 15.4 Å². The van der Waals surface area contributed by atoms with Crippen molar-refractivity contribution in [1.29, 1.82) is 0 Å². The minimum Gasteiger partial charge on any atom is -0.434 e. The summed E-state index contributed by atoms with van der Waals surface area (Å²) in [6, 6.07) is 6.56. The molecule has 0 fully saturated rings. The van der Waals surface area contributed by atoms with Gasteiger partial charge in [-0.15, -0.1) is 0 Å². The number of halogens is 3. The van der Waals surface area contributed by atoms with Crippen molar-refractivity contribution in [3.8, 4) is 5.75 Å². The molecule has 6 nitrogen and oxygen atoms in total. The van der Waals surface area contributed by atoms with Crippen molar-refractivity contribution < 1.29 is 13.5 Å². The highest BCUT2D eigenvalue weighted by Gasteiger charge is 2.10. The summed E-state index contributed by atoms with van der Waals surface area (Å²) in [5.74, 6) is 0.669. The van der Waals surface area contributed by atoms with Crippen LogP contribution in [0.5, 0.6) is 5.75 Å². The molecule has 9 heteroatoms. The second kappa shape index (κ2) is 10.8. The predicted octanol–water partition coefficient (Wildman–Crippen LogP) is 3.90. The standard InChI is InChI=1S/C19H26ClF2N5O/c1-4-23-19(24-8-5-9-27-14(3)10-13(2)26-27)25-12-15-11-16(20)6-7-17(15)28-18(21)22/h6-7,10-11,18H,4-5,8-9,12H2,1-3H3,(H2,23,24,25). The molecular formula is C19H26ClF2N5O. The quantitative estimate of drug-likeness (QED) is 0.372. The van der Waals surface area contributed by atoms with Crippen molar-refractivity contribution in [3.63, 3.8) is 0 Å². The maximum atomic E-state index is 12.6. The number of nitrogens with one attached hydrogen (secondary N) is 2. The number of aryl methyl sites for hydroxylation is 3. The van der Waals surface area contributed by atoms with Crippen LogP contribution in [-0.2, 0) is 13.1 Å². The first-order valence-electron chi connectivity index (χ1n) is 9.15. The van der Waals surface area contributed by atoms with Gasteiger partial charge in [-0.05, 0) is 51.5 Å². The number of aliphatic imine (C=N–C) groups is 1. The normalized spacial score (nSPS) is 11.8. The molecule has 0 bridgehead atoms. The molecule has 1 heterocycles. The Bertz CT molecular complexity index is 795. The highest BCUT2D eigenvalue weighted by Crippen LogP contribution is 2.25. The van der Waals surface area contributed by atoms with E-state index in [-0.39, 0.29) is 12.3 Å². The zero-order valence-electron chi connectivity index (χ0n) is 16.3. The lowest BCUT2D eigenvalue weighted by atomic mass is 10.2. The van der Waals surface area contributed by atoms with E-state index >= 15 is 0 Å². The molecule has 1 aromatic carbocycles. The molecule has 0 unspecified atom stereocenters. The van der Waals surface area contributed by atoms with Crippen LogP contribution >= 0.6 is 11.6 Å². The first-order chi connectivity index (χ1) is 13.4. The second-order valence-corrected chi connectivity index (χ2v) is 6.69. The molecule has 0 amide bonds. The molecular weight excluding hydrogens is 388 g/mol. The Hall–Kier alpha value is -2.35. The van der Waals surface area contributed by atoms with Crippen LogP contribution in [-0.4, -0.2) is 35.4 Å². The van der Waals surface area contributed by atoms with Gasteiger partial charge in [0.2, 0.25) is 0 Å². The number of aromatic nitrogens is 2. The maximum absolute atomic E-state index is 12.6. The monoisotopic (exact) mass is 413 g/mol. The molecule has 2 N–H and O–H groups in total. The predicted molar refractivity (Wildman–Crippen MR) is 107 cm³/mol. The van der Waals surface area contributed by atoms with Crippen molar-refractivity contribution >= 4 is 17.6 Å². The van der Waals surface area contributed by atoms with Crippen LogP contribution in [0.1, 0.15) is 30.3 Å². The average Bonchev–Trinajstić information content (AvgIpc) is 2.95. The summed E-state index contributed by atoms with van der Waals surface area (Å²) in [6.07, 6.45) is 0.864. The Kier molecular flexibility index (Phi) is 8.50. The van der Waals surface area contributed by atoms with Gasteiger partial charge in [-0.2, -0.15) is 13.9 Å². The highest BCUT2D eigenvalue weighted by molar-refractivity contribution is 6.30. The summed E-state index contributed by atoms with van der Waals surface area (Å²) in [5.41, 5.74) is 2.63. The minimum atomic E-state index is -2.90. The number of rotatable bonds is 9. The third kappa shape index (κ3) is 6.99. The van der Waals surface area contributed by atoms with Gasteiger partial charge in [0.05, 0.1) is 12.2 Å². The van der Waals surface area contributed by atoms with Gasteiger partial charge in [-0.25, -0.2) is 4.99 Å². The number of hydrogen-bond donors (Lipinski definition) is 2. The Morgan fingerprint density at radius 3 is 2.71 bits per heavy atom. The van der Waals surface area contributed by atoms with Crippen molar-refractivity contribution in [3.05, 3.63) is 46.2 Å². The molecule has 154 valence electrons. The lowest BCUT2D eigenvalue weighted by Gasteiger charge is -2.13. The van der Waals surface area contributed by atoms with Crippen LogP contribution in [0.15, 0.2) is 29.3 Å². The fraction of sp³-hybridized carbons (Fsp3) is 0.474. The number of guanidine groups is 1. The van der Waals surface area contributed by atoms with Gasteiger partial charge in [-0.3, -0.25) is 4.68 Å². The van der Waals surface area contributed by atoms with Crippen molar-refractivity contribution in [2.45, 2.75) is 46.9 Å². The molecule has 28 heavy (non-hydrogen) atoms. The Labute approximate surface area is 168 Å². The zero-order chi connectivity index (χ0) is 20.5. The smallest absolute Gasteiger partial charge is 0.387 e. The van der Waals surface area contributed by atoms with Crippen molar-refractivity contribution in [2.24, 2.45) is 4.99 Å². The van der Waals surface area contributed by atoms with E-state index in [9.17, 15) is 8.78 Å². The first-order valence-corrected chi connectivity index (χ1v) is 9.53. The van der Waals surface area contributed by atoms with E-state index in [0.29, 0.717) is 29.6 Å². The lowest BCUT2D eigenvalue weighted by Crippen LogP contribution is -2.38. The Morgan fingerprint density at radius 2 is 2.07 bits per heavy atom. The van der Waals surface area contributed by atoms with E-state index < -0.39 is 6.61 Å². The molecule has 2 rings (SSSR count). The molecule has 0 aliphatic heterocycles. The van der Waals surface area contributed by atoms with Crippen molar-refractivity contribution in [1.82, 2.24) is 20.4 Å². The van der Waals surface area contributed by atoms with E-state index in [1.165, 1.54) is 12.1 Å². The molecule has 0 atom stereocenters. The number of alkyl halides is 2. The van der Waals surface area contributed by atoms with Crippen LogP contribution in [0.2, 0.25) is 5.02 Å². The third-order valence-corrected chi connectivity index (χ3v) is 4.17. The summed E-state index contributed by atoms with van der Waals surface area (Å²) in [5, 5.41) is 11.3. The highest BCUT2D eigenvalue weighted by atomic mass is 35.5. The SMILES string of the molecule is CCNC(=NCc1cc(Cl)ccc1OC(F)F)NCCCn1nc(C)cc1C. The molecule has 0 aliphatic carbocycles.